The van der Waals surface area contributed by atoms with Gasteiger partial charge in [0.05, 0.1) is 18.4 Å². The molecule has 2 rings (SSSR count). The van der Waals surface area contributed by atoms with E-state index in [1.807, 2.05) is 6.07 Å². The minimum Gasteiger partial charge on any atom is -0.372 e. The van der Waals surface area contributed by atoms with Gasteiger partial charge in [0.2, 0.25) is 0 Å². The van der Waals surface area contributed by atoms with Crippen molar-refractivity contribution >= 4 is 0 Å². The monoisotopic (exact) mass is 181 g/mol. The number of ether oxygens (including phenoxy) is 1. The lowest BCUT2D eigenvalue weighted by molar-refractivity contribution is 0.0429. The molecule has 1 heterocycles. The Balaban J connectivity index is 1.74. The molecule has 1 aliphatic carbocycles. The van der Waals surface area contributed by atoms with Gasteiger partial charge in [-0.05, 0) is 25.3 Å². The van der Waals surface area contributed by atoms with E-state index in [0.717, 1.165) is 25.0 Å². The normalized spacial score (nSPS) is 28.1. The second-order valence-corrected chi connectivity index (χ2v) is 3.59. The van der Waals surface area contributed by atoms with Gasteiger partial charge < -0.3 is 10.5 Å². The average Bonchev–Trinajstić information content (AvgIpc) is 2.71. The number of nitrogens with zero attached hydrogens (tertiary/aromatic N) is 1. The molecule has 72 valence electrons. The first-order valence-electron chi connectivity index (χ1n) is 4.70. The number of hydrogen-bond donors (Lipinski definition) is 2. The zero-order chi connectivity index (χ0) is 9.10. The highest BCUT2D eigenvalue weighted by Gasteiger charge is 2.22. The first kappa shape index (κ1) is 8.72. The molecule has 1 saturated carbocycles. The molecular formula is C9H15N3O. The number of rotatable bonds is 3. The molecule has 0 amide bonds. The van der Waals surface area contributed by atoms with Gasteiger partial charge in [0, 0.05) is 12.2 Å². The largest absolute Gasteiger partial charge is 0.372 e. The molecular weight excluding hydrogens is 166 g/mol. The molecule has 1 fully saturated rings. The highest BCUT2D eigenvalue weighted by atomic mass is 16.5. The topological polar surface area (TPSA) is 63.9 Å². The third-order valence-corrected chi connectivity index (χ3v) is 2.46. The van der Waals surface area contributed by atoms with Crippen LogP contribution in [0.1, 0.15) is 25.0 Å². The molecule has 1 aliphatic rings. The minimum atomic E-state index is 0.340. The second-order valence-electron chi connectivity index (χ2n) is 3.59. The SMILES string of the molecule is NC1CCC(OCc2ccn[nH]2)C1. The molecule has 0 bridgehead atoms. The van der Waals surface area contributed by atoms with Gasteiger partial charge in [-0.25, -0.2) is 0 Å². The Morgan fingerprint density at radius 3 is 3.15 bits per heavy atom. The van der Waals surface area contributed by atoms with Crippen molar-refractivity contribution in [3.8, 4) is 0 Å². The summed E-state index contributed by atoms with van der Waals surface area (Å²) >= 11 is 0. The summed E-state index contributed by atoms with van der Waals surface area (Å²) < 4.78 is 5.67. The zero-order valence-corrected chi connectivity index (χ0v) is 7.57. The van der Waals surface area contributed by atoms with Crippen LogP contribution in [-0.2, 0) is 11.3 Å². The van der Waals surface area contributed by atoms with Crippen LogP contribution in [0.2, 0.25) is 0 Å². The van der Waals surface area contributed by atoms with Crippen LogP contribution in [0.3, 0.4) is 0 Å². The van der Waals surface area contributed by atoms with E-state index in [9.17, 15) is 0 Å². The number of H-pyrrole nitrogens is 1. The first-order valence-corrected chi connectivity index (χ1v) is 4.70. The Bertz CT molecular complexity index is 247. The van der Waals surface area contributed by atoms with Gasteiger partial charge in [-0.15, -0.1) is 0 Å². The fourth-order valence-electron chi connectivity index (χ4n) is 1.70. The summed E-state index contributed by atoms with van der Waals surface area (Å²) in [5, 5.41) is 6.72. The standard InChI is InChI=1S/C9H15N3O/c10-7-1-2-9(5-7)13-6-8-3-4-11-12-8/h3-4,7,9H,1-2,5-6,10H2,(H,11,12). The van der Waals surface area contributed by atoms with E-state index >= 15 is 0 Å². The van der Waals surface area contributed by atoms with Crippen molar-refractivity contribution in [2.45, 2.75) is 38.0 Å². The Morgan fingerprint density at radius 2 is 2.54 bits per heavy atom. The Morgan fingerprint density at radius 1 is 1.62 bits per heavy atom. The van der Waals surface area contributed by atoms with E-state index < -0.39 is 0 Å². The molecule has 13 heavy (non-hydrogen) atoms. The van der Waals surface area contributed by atoms with Gasteiger partial charge in [-0.1, -0.05) is 0 Å². The molecule has 1 aromatic heterocycles. The Kier molecular flexibility index (Phi) is 2.61. The molecule has 0 saturated heterocycles. The van der Waals surface area contributed by atoms with E-state index in [-0.39, 0.29) is 0 Å². The maximum absolute atomic E-state index is 5.77. The molecule has 2 atom stereocenters. The van der Waals surface area contributed by atoms with Crippen molar-refractivity contribution in [3.63, 3.8) is 0 Å². The fraction of sp³-hybridized carbons (Fsp3) is 0.667. The predicted molar refractivity (Wildman–Crippen MR) is 49.0 cm³/mol. The molecule has 3 N–H and O–H groups in total. The lowest BCUT2D eigenvalue weighted by Gasteiger charge is -2.09. The molecule has 4 heteroatoms. The van der Waals surface area contributed by atoms with E-state index in [4.69, 9.17) is 10.5 Å². The third kappa shape index (κ3) is 2.29. The van der Waals surface area contributed by atoms with Gasteiger partial charge in [0.15, 0.2) is 0 Å². The van der Waals surface area contributed by atoms with E-state index in [0.29, 0.717) is 18.8 Å². The average molecular weight is 181 g/mol. The van der Waals surface area contributed by atoms with E-state index in [2.05, 4.69) is 10.2 Å². The van der Waals surface area contributed by atoms with Gasteiger partial charge in [-0.2, -0.15) is 5.10 Å². The van der Waals surface area contributed by atoms with Crippen LogP contribution >= 0.6 is 0 Å². The number of aromatic nitrogens is 2. The second kappa shape index (κ2) is 3.89. The van der Waals surface area contributed by atoms with Gasteiger partial charge in [0.25, 0.3) is 0 Å². The number of nitrogens with two attached hydrogens (primary N) is 1. The maximum atomic E-state index is 5.77. The summed E-state index contributed by atoms with van der Waals surface area (Å²) in [6, 6.07) is 2.27. The molecule has 2 unspecified atom stereocenters. The van der Waals surface area contributed by atoms with Crippen molar-refractivity contribution in [2.75, 3.05) is 0 Å². The summed E-state index contributed by atoms with van der Waals surface area (Å²) in [7, 11) is 0. The fourth-order valence-corrected chi connectivity index (χ4v) is 1.70. The number of nitrogens with one attached hydrogen (secondary N) is 1. The van der Waals surface area contributed by atoms with Crippen LogP contribution in [0, 0.1) is 0 Å². The van der Waals surface area contributed by atoms with Crippen LogP contribution in [0.4, 0.5) is 0 Å². The third-order valence-electron chi connectivity index (χ3n) is 2.46. The van der Waals surface area contributed by atoms with Crippen LogP contribution in [0.25, 0.3) is 0 Å². The lowest BCUT2D eigenvalue weighted by atomic mass is 10.3. The van der Waals surface area contributed by atoms with E-state index in [1.165, 1.54) is 0 Å². The molecule has 0 spiro atoms. The van der Waals surface area contributed by atoms with Crippen LogP contribution in [0.15, 0.2) is 12.3 Å². The van der Waals surface area contributed by atoms with Crippen molar-refractivity contribution in [1.29, 1.82) is 0 Å². The van der Waals surface area contributed by atoms with Crippen LogP contribution in [-0.4, -0.2) is 22.3 Å². The summed E-state index contributed by atoms with van der Waals surface area (Å²) in [6.07, 6.45) is 5.26. The quantitative estimate of drug-likeness (QED) is 0.725. The summed E-state index contributed by atoms with van der Waals surface area (Å²) in [5.41, 5.74) is 6.80. The van der Waals surface area contributed by atoms with Gasteiger partial charge in [0.1, 0.15) is 0 Å². The Hall–Kier alpha value is -0.870. The summed E-state index contributed by atoms with van der Waals surface area (Å²) in [6.45, 7) is 0.622. The van der Waals surface area contributed by atoms with Crippen molar-refractivity contribution < 1.29 is 4.74 Å². The van der Waals surface area contributed by atoms with Crippen molar-refractivity contribution in [3.05, 3.63) is 18.0 Å². The maximum Gasteiger partial charge on any atom is 0.0885 e. The minimum absolute atomic E-state index is 0.340. The predicted octanol–water partition coefficient (Wildman–Crippen LogP) is 0.806. The summed E-state index contributed by atoms with van der Waals surface area (Å²) in [4.78, 5) is 0. The molecule has 1 aromatic rings. The van der Waals surface area contributed by atoms with Gasteiger partial charge >= 0.3 is 0 Å². The smallest absolute Gasteiger partial charge is 0.0885 e. The van der Waals surface area contributed by atoms with Crippen LogP contribution in [0.5, 0.6) is 0 Å². The first-order chi connectivity index (χ1) is 6.34. The molecule has 4 nitrogen and oxygen atoms in total. The highest BCUT2D eigenvalue weighted by Crippen LogP contribution is 2.21. The number of aromatic amines is 1. The lowest BCUT2D eigenvalue weighted by Crippen LogP contribution is -2.17. The van der Waals surface area contributed by atoms with Crippen molar-refractivity contribution in [2.24, 2.45) is 5.73 Å². The molecule has 0 aromatic carbocycles. The molecule has 0 aliphatic heterocycles. The van der Waals surface area contributed by atoms with Gasteiger partial charge in [-0.3, -0.25) is 5.10 Å². The Labute approximate surface area is 77.5 Å². The summed E-state index contributed by atoms with van der Waals surface area (Å²) in [5.74, 6) is 0. The van der Waals surface area contributed by atoms with E-state index in [1.54, 1.807) is 6.20 Å². The van der Waals surface area contributed by atoms with Crippen molar-refractivity contribution in [1.82, 2.24) is 10.2 Å². The highest BCUT2D eigenvalue weighted by molar-refractivity contribution is 4.95. The van der Waals surface area contributed by atoms with Crippen LogP contribution < -0.4 is 5.73 Å². The molecule has 0 radical (unpaired) electrons. The number of hydrogen-bond acceptors (Lipinski definition) is 3. The zero-order valence-electron chi connectivity index (χ0n) is 7.57.